The molecule has 1 saturated heterocycles. The highest BCUT2D eigenvalue weighted by Crippen LogP contribution is 2.59. The van der Waals surface area contributed by atoms with Crippen molar-refractivity contribution < 1.29 is 9.53 Å². The van der Waals surface area contributed by atoms with Crippen LogP contribution in [0.1, 0.15) is 24.8 Å². The summed E-state index contributed by atoms with van der Waals surface area (Å²) in [4.78, 5) is 14.9. The fraction of sp³-hybridized carbons (Fsp3) is 0.588. The lowest BCUT2D eigenvalue weighted by Crippen LogP contribution is -2.35. The molecule has 3 aliphatic rings. The molecule has 0 aromatic heterocycles. The number of rotatable bonds is 2. The highest BCUT2D eigenvalue weighted by molar-refractivity contribution is 5.99. The Morgan fingerprint density at radius 3 is 2.86 bits per heavy atom. The average molecular weight is 323 g/mol. The fourth-order valence-electron chi connectivity index (χ4n) is 4.10. The monoisotopic (exact) mass is 322 g/mol. The van der Waals surface area contributed by atoms with Crippen LogP contribution < -0.4 is 15.0 Å². The summed E-state index contributed by atoms with van der Waals surface area (Å²) in [6.07, 6.45) is 4.36. The maximum Gasteiger partial charge on any atom is 0.230 e. The second-order valence-corrected chi connectivity index (χ2v) is 6.60. The second kappa shape index (κ2) is 5.74. The van der Waals surface area contributed by atoms with Crippen molar-refractivity contribution in [2.24, 2.45) is 11.3 Å². The van der Waals surface area contributed by atoms with E-state index >= 15 is 0 Å². The third-order valence-corrected chi connectivity index (χ3v) is 5.54. The van der Waals surface area contributed by atoms with Crippen molar-refractivity contribution in [1.29, 1.82) is 0 Å². The average Bonchev–Trinajstić information content (AvgIpc) is 3.04. The molecule has 2 aliphatic heterocycles. The van der Waals surface area contributed by atoms with Crippen LogP contribution in [0.25, 0.3) is 0 Å². The Hall–Kier alpha value is -1.26. The Balaban J connectivity index is 0.00000144. The highest BCUT2D eigenvalue weighted by Gasteiger charge is 2.58. The molecule has 1 unspecified atom stereocenters. The first-order chi connectivity index (χ1) is 10.2. The third kappa shape index (κ3) is 2.38. The predicted molar refractivity (Wildman–Crippen MR) is 88.9 cm³/mol. The number of hydrogen-bond donors (Lipinski definition) is 1. The number of hydrogen-bond acceptors (Lipinski definition) is 3. The van der Waals surface area contributed by atoms with Crippen molar-refractivity contribution in [3.05, 3.63) is 23.8 Å². The maximum absolute atomic E-state index is 12.9. The summed E-state index contributed by atoms with van der Waals surface area (Å²) in [6, 6.07) is 6.06. The number of carbonyl (C=O) groups is 1. The van der Waals surface area contributed by atoms with Crippen LogP contribution in [0, 0.1) is 11.3 Å². The molecule has 0 bridgehead atoms. The lowest BCUT2D eigenvalue weighted by Gasteiger charge is -2.25. The van der Waals surface area contributed by atoms with E-state index in [0.29, 0.717) is 11.3 Å². The molecule has 2 fully saturated rings. The van der Waals surface area contributed by atoms with Gasteiger partial charge in [-0.1, -0.05) is 0 Å². The van der Waals surface area contributed by atoms with Gasteiger partial charge in [-0.25, -0.2) is 0 Å². The van der Waals surface area contributed by atoms with Gasteiger partial charge in [-0.2, -0.15) is 0 Å². The fourth-order valence-corrected chi connectivity index (χ4v) is 4.10. The quantitative estimate of drug-likeness (QED) is 0.909. The Morgan fingerprint density at radius 1 is 1.36 bits per heavy atom. The van der Waals surface area contributed by atoms with Crippen molar-refractivity contribution in [2.45, 2.75) is 25.7 Å². The van der Waals surface area contributed by atoms with E-state index < -0.39 is 0 Å². The molecule has 1 amide bonds. The minimum absolute atomic E-state index is 0. The summed E-state index contributed by atoms with van der Waals surface area (Å²) in [5.41, 5.74) is 2.65. The summed E-state index contributed by atoms with van der Waals surface area (Å²) in [6.45, 7) is 2.96. The first kappa shape index (κ1) is 15.6. The van der Waals surface area contributed by atoms with E-state index in [9.17, 15) is 4.79 Å². The topological polar surface area (TPSA) is 41.6 Å². The lowest BCUT2D eigenvalue weighted by molar-refractivity contribution is -0.120. The summed E-state index contributed by atoms with van der Waals surface area (Å²) in [5.74, 6) is 1.48. The first-order valence-corrected chi connectivity index (χ1v) is 7.92. The minimum atomic E-state index is 0. The van der Waals surface area contributed by atoms with Gasteiger partial charge >= 0.3 is 0 Å². The molecule has 22 heavy (non-hydrogen) atoms. The number of amides is 1. The smallest absolute Gasteiger partial charge is 0.230 e. The van der Waals surface area contributed by atoms with Gasteiger partial charge in [0.15, 0.2) is 0 Å². The second-order valence-electron chi connectivity index (χ2n) is 6.60. The molecule has 0 radical (unpaired) electrons. The Bertz CT molecular complexity index is 584. The molecule has 1 spiro atoms. The molecule has 120 valence electrons. The van der Waals surface area contributed by atoms with Crippen LogP contribution in [0.3, 0.4) is 0 Å². The molecule has 1 aromatic rings. The number of nitrogens with one attached hydrogen (secondary N) is 1. The van der Waals surface area contributed by atoms with Crippen LogP contribution in [0.4, 0.5) is 5.69 Å². The van der Waals surface area contributed by atoms with Gasteiger partial charge in [0.05, 0.1) is 7.11 Å². The summed E-state index contributed by atoms with van der Waals surface area (Å²) in [7, 11) is 1.69. The van der Waals surface area contributed by atoms with Gasteiger partial charge in [-0.3, -0.25) is 4.79 Å². The lowest BCUT2D eigenvalue weighted by atomic mass is 9.91. The molecule has 4 nitrogen and oxygen atoms in total. The van der Waals surface area contributed by atoms with Crippen LogP contribution in [-0.4, -0.2) is 32.7 Å². The summed E-state index contributed by atoms with van der Waals surface area (Å²) < 4.78 is 5.27. The zero-order valence-corrected chi connectivity index (χ0v) is 13.7. The van der Waals surface area contributed by atoms with Gasteiger partial charge in [0.25, 0.3) is 0 Å². The third-order valence-electron chi connectivity index (χ3n) is 5.54. The van der Waals surface area contributed by atoms with Gasteiger partial charge in [0.1, 0.15) is 5.75 Å². The Morgan fingerprint density at radius 2 is 2.14 bits per heavy atom. The molecule has 5 heteroatoms. The molecule has 2 heterocycles. The number of anilines is 1. The van der Waals surface area contributed by atoms with Crippen molar-refractivity contribution in [3.63, 3.8) is 0 Å². The molecular weight excluding hydrogens is 300 g/mol. The van der Waals surface area contributed by atoms with E-state index in [1.165, 1.54) is 5.56 Å². The first-order valence-electron chi connectivity index (χ1n) is 7.92. The summed E-state index contributed by atoms with van der Waals surface area (Å²) in [5, 5.41) is 3.40. The van der Waals surface area contributed by atoms with Gasteiger partial charge in [0, 0.05) is 18.2 Å². The van der Waals surface area contributed by atoms with Crippen molar-refractivity contribution >= 4 is 24.0 Å². The Labute approximate surface area is 137 Å². The van der Waals surface area contributed by atoms with Crippen LogP contribution >= 0.6 is 12.4 Å². The van der Waals surface area contributed by atoms with Crippen LogP contribution in [0.15, 0.2) is 18.2 Å². The van der Waals surface area contributed by atoms with Crippen LogP contribution in [0.5, 0.6) is 5.75 Å². The standard InChI is InChI=1S/C17H22N2O2.ClH/c1-21-13-2-3-15-12(10-13)4-9-19(15)16(20)14-11-17(14)5-7-18-8-6-17;/h2-3,10,14,18H,4-9,11H2,1H3;1H. The zero-order chi connectivity index (χ0) is 14.4. The molecule has 1 saturated carbocycles. The maximum atomic E-state index is 12.9. The number of ether oxygens (including phenoxy) is 1. The molecule has 4 rings (SSSR count). The van der Waals surface area contributed by atoms with Crippen molar-refractivity contribution in [3.8, 4) is 5.75 Å². The Kier molecular flexibility index (Phi) is 4.08. The molecule has 1 aliphatic carbocycles. The van der Waals surface area contributed by atoms with Gasteiger partial charge < -0.3 is 15.0 Å². The SMILES string of the molecule is COc1ccc2c(c1)CCN2C(=O)C1CC12CCNCC2.Cl. The molecular formula is C17H23ClN2O2. The zero-order valence-electron chi connectivity index (χ0n) is 12.9. The van der Waals surface area contributed by atoms with Crippen molar-refractivity contribution in [1.82, 2.24) is 5.32 Å². The van der Waals surface area contributed by atoms with Gasteiger partial charge in [0.2, 0.25) is 5.91 Å². The normalized spacial score (nSPS) is 24.6. The number of benzene rings is 1. The number of halogens is 1. The number of carbonyl (C=O) groups excluding carboxylic acids is 1. The van der Waals surface area contributed by atoms with Crippen molar-refractivity contribution in [2.75, 3.05) is 31.6 Å². The van der Waals surface area contributed by atoms with Gasteiger partial charge in [-0.15, -0.1) is 12.4 Å². The van der Waals surface area contributed by atoms with E-state index in [1.54, 1.807) is 7.11 Å². The number of piperidine rings is 1. The summed E-state index contributed by atoms with van der Waals surface area (Å²) >= 11 is 0. The molecule has 1 atom stereocenters. The van der Waals surface area contributed by atoms with Crippen LogP contribution in [0.2, 0.25) is 0 Å². The highest BCUT2D eigenvalue weighted by atomic mass is 35.5. The van der Waals surface area contributed by atoms with E-state index in [0.717, 1.165) is 56.8 Å². The minimum Gasteiger partial charge on any atom is -0.497 e. The molecule has 1 aromatic carbocycles. The van der Waals surface area contributed by atoms with Crippen LogP contribution in [-0.2, 0) is 11.2 Å². The largest absolute Gasteiger partial charge is 0.497 e. The predicted octanol–water partition coefficient (Wildman–Crippen LogP) is 2.40. The number of nitrogens with zero attached hydrogens (tertiary/aromatic N) is 1. The number of methoxy groups -OCH3 is 1. The van der Waals surface area contributed by atoms with E-state index in [2.05, 4.69) is 11.4 Å². The van der Waals surface area contributed by atoms with E-state index in [4.69, 9.17) is 4.74 Å². The molecule has 1 N–H and O–H groups in total. The van der Waals surface area contributed by atoms with E-state index in [1.807, 2.05) is 17.0 Å². The van der Waals surface area contributed by atoms with E-state index in [-0.39, 0.29) is 18.3 Å². The van der Waals surface area contributed by atoms with Gasteiger partial charge in [-0.05, 0) is 68.0 Å². The number of fused-ring (bicyclic) bond motifs is 1.